The second-order valence-electron chi connectivity index (χ2n) is 4.73. The maximum Gasteiger partial charge on any atom is 0.232 e. The molecule has 3 atom stereocenters. The fraction of sp³-hybridized carbons (Fsp3) is 0.818. The normalized spacial score (nSPS) is 27.9. The van der Waals surface area contributed by atoms with E-state index in [2.05, 4.69) is 12.2 Å². The summed E-state index contributed by atoms with van der Waals surface area (Å²) in [6, 6.07) is 0. The molecular formula is C11H20N2OS. The molecule has 0 aromatic carbocycles. The lowest BCUT2D eigenvalue weighted by molar-refractivity contribution is -0.127. The summed E-state index contributed by atoms with van der Waals surface area (Å²) in [5.41, 5.74) is 4.92. The molecule has 0 saturated heterocycles. The molecule has 1 aliphatic carbocycles. The average molecular weight is 228 g/mol. The van der Waals surface area contributed by atoms with E-state index in [4.69, 9.17) is 18.0 Å². The van der Waals surface area contributed by atoms with Crippen LogP contribution in [0, 0.1) is 17.3 Å². The first-order valence-corrected chi connectivity index (χ1v) is 5.90. The molecule has 0 heterocycles. The number of nitrogens with one attached hydrogen (secondary N) is 1. The van der Waals surface area contributed by atoms with Gasteiger partial charge in [-0.3, -0.25) is 4.79 Å². The number of amides is 1. The van der Waals surface area contributed by atoms with Crippen LogP contribution in [-0.2, 0) is 4.79 Å². The Labute approximate surface area is 96.8 Å². The standard InChI is InChI=1S/C11H20N2OS/c1-4-11(3,9(12)15)10(14)13-6-8-5-7(8)2/h7-8H,4-6H2,1-3H3,(H2,12,15)(H,13,14). The Morgan fingerprint density at radius 3 is 2.53 bits per heavy atom. The summed E-state index contributed by atoms with van der Waals surface area (Å²) in [7, 11) is 0. The van der Waals surface area contributed by atoms with Gasteiger partial charge in [0, 0.05) is 6.54 Å². The number of hydrogen-bond acceptors (Lipinski definition) is 2. The van der Waals surface area contributed by atoms with Crippen LogP contribution in [0.1, 0.15) is 33.6 Å². The van der Waals surface area contributed by atoms with E-state index in [9.17, 15) is 4.79 Å². The number of nitrogens with two attached hydrogens (primary N) is 1. The minimum absolute atomic E-state index is 0.0309. The van der Waals surface area contributed by atoms with Gasteiger partial charge in [-0.15, -0.1) is 0 Å². The van der Waals surface area contributed by atoms with Crippen LogP contribution in [0.25, 0.3) is 0 Å². The molecule has 15 heavy (non-hydrogen) atoms. The van der Waals surface area contributed by atoms with Gasteiger partial charge < -0.3 is 11.1 Å². The highest BCUT2D eigenvalue weighted by Crippen LogP contribution is 2.37. The molecule has 0 aliphatic heterocycles. The van der Waals surface area contributed by atoms with Gasteiger partial charge in [0.05, 0.1) is 10.4 Å². The van der Waals surface area contributed by atoms with Crippen molar-refractivity contribution >= 4 is 23.1 Å². The van der Waals surface area contributed by atoms with Crippen LogP contribution in [-0.4, -0.2) is 17.4 Å². The summed E-state index contributed by atoms with van der Waals surface area (Å²) in [4.78, 5) is 12.2. The average Bonchev–Trinajstić information content (AvgIpc) is 2.89. The maximum absolute atomic E-state index is 11.9. The van der Waals surface area contributed by atoms with Crippen molar-refractivity contribution in [2.24, 2.45) is 23.0 Å². The predicted molar refractivity (Wildman–Crippen MR) is 65.5 cm³/mol. The van der Waals surface area contributed by atoms with E-state index in [1.807, 2.05) is 6.92 Å². The second kappa shape index (κ2) is 4.47. The van der Waals surface area contributed by atoms with Crippen molar-refractivity contribution in [1.82, 2.24) is 5.32 Å². The van der Waals surface area contributed by atoms with E-state index in [1.54, 1.807) is 6.92 Å². The Kier molecular flexibility index (Phi) is 3.71. The van der Waals surface area contributed by atoms with Crippen LogP contribution < -0.4 is 11.1 Å². The van der Waals surface area contributed by atoms with Crippen molar-refractivity contribution in [3.8, 4) is 0 Å². The molecule has 0 radical (unpaired) electrons. The van der Waals surface area contributed by atoms with Gasteiger partial charge in [-0.1, -0.05) is 26.1 Å². The van der Waals surface area contributed by atoms with Gasteiger partial charge in [-0.2, -0.15) is 0 Å². The van der Waals surface area contributed by atoms with E-state index in [0.29, 0.717) is 12.3 Å². The summed E-state index contributed by atoms with van der Waals surface area (Å²) >= 11 is 4.94. The van der Waals surface area contributed by atoms with Gasteiger partial charge in [0.2, 0.25) is 5.91 Å². The fourth-order valence-corrected chi connectivity index (χ4v) is 1.79. The highest BCUT2D eigenvalue weighted by molar-refractivity contribution is 7.80. The first kappa shape index (κ1) is 12.4. The van der Waals surface area contributed by atoms with Crippen molar-refractivity contribution in [3.63, 3.8) is 0 Å². The predicted octanol–water partition coefficient (Wildman–Crippen LogP) is 1.46. The highest BCUT2D eigenvalue weighted by Gasteiger charge is 2.37. The second-order valence-corrected chi connectivity index (χ2v) is 5.17. The quantitative estimate of drug-likeness (QED) is 0.700. The van der Waals surface area contributed by atoms with E-state index in [0.717, 1.165) is 12.5 Å². The van der Waals surface area contributed by atoms with Gasteiger partial charge in [-0.05, 0) is 31.6 Å². The zero-order valence-corrected chi connectivity index (χ0v) is 10.5. The first-order chi connectivity index (χ1) is 6.91. The molecule has 86 valence electrons. The highest BCUT2D eigenvalue weighted by atomic mass is 32.1. The van der Waals surface area contributed by atoms with Crippen molar-refractivity contribution in [3.05, 3.63) is 0 Å². The molecule has 0 spiro atoms. The van der Waals surface area contributed by atoms with Crippen LogP contribution in [0.15, 0.2) is 0 Å². The van der Waals surface area contributed by atoms with Gasteiger partial charge in [-0.25, -0.2) is 0 Å². The summed E-state index contributed by atoms with van der Waals surface area (Å²) in [5, 5.41) is 2.94. The van der Waals surface area contributed by atoms with Crippen molar-refractivity contribution in [2.45, 2.75) is 33.6 Å². The molecule has 0 aromatic rings. The Morgan fingerprint density at radius 2 is 2.20 bits per heavy atom. The minimum Gasteiger partial charge on any atom is -0.392 e. The van der Waals surface area contributed by atoms with Gasteiger partial charge in [0.25, 0.3) is 0 Å². The first-order valence-electron chi connectivity index (χ1n) is 5.50. The molecule has 3 unspecified atom stereocenters. The lowest BCUT2D eigenvalue weighted by Gasteiger charge is -2.25. The zero-order valence-electron chi connectivity index (χ0n) is 9.67. The Hall–Kier alpha value is -0.640. The number of rotatable bonds is 5. The van der Waals surface area contributed by atoms with Crippen molar-refractivity contribution in [2.75, 3.05) is 6.54 Å². The molecule has 3 N–H and O–H groups in total. The number of hydrogen-bond donors (Lipinski definition) is 2. The van der Waals surface area contributed by atoms with Crippen LogP contribution >= 0.6 is 12.2 Å². The van der Waals surface area contributed by atoms with E-state index in [1.165, 1.54) is 6.42 Å². The van der Waals surface area contributed by atoms with Crippen LogP contribution in [0.3, 0.4) is 0 Å². The Morgan fingerprint density at radius 1 is 1.67 bits per heavy atom. The number of carbonyl (C=O) groups is 1. The van der Waals surface area contributed by atoms with Crippen LogP contribution in [0.5, 0.6) is 0 Å². The summed E-state index contributed by atoms with van der Waals surface area (Å²) in [6.07, 6.45) is 1.87. The topological polar surface area (TPSA) is 55.1 Å². The molecule has 0 bridgehead atoms. The lowest BCUT2D eigenvalue weighted by Crippen LogP contribution is -2.47. The molecule has 3 nitrogen and oxygen atoms in total. The Bertz CT molecular complexity index is 280. The monoisotopic (exact) mass is 228 g/mol. The lowest BCUT2D eigenvalue weighted by atomic mass is 9.86. The maximum atomic E-state index is 11.9. The minimum atomic E-state index is -0.687. The molecule has 1 saturated carbocycles. The SMILES string of the molecule is CCC(C)(C(=O)NCC1CC1C)C(N)=S. The molecule has 1 aliphatic rings. The third-order valence-electron chi connectivity index (χ3n) is 3.55. The van der Waals surface area contributed by atoms with Gasteiger partial charge in [0.15, 0.2) is 0 Å². The van der Waals surface area contributed by atoms with E-state index in [-0.39, 0.29) is 10.9 Å². The van der Waals surface area contributed by atoms with Crippen LogP contribution in [0.4, 0.5) is 0 Å². The van der Waals surface area contributed by atoms with E-state index >= 15 is 0 Å². The summed E-state index contributed by atoms with van der Waals surface area (Å²) < 4.78 is 0. The molecular weight excluding hydrogens is 208 g/mol. The summed E-state index contributed by atoms with van der Waals surface area (Å²) in [6.45, 7) is 6.70. The Balaban J connectivity index is 2.46. The summed E-state index contributed by atoms with van der Waals surface area (Å²) in [5.74, 6) is 1.38. The zero-order chi connectivity index (χ0) is 11.6. The number of carbonyl (C=O) groups excluding carboxylic acids is 1. The molecule has 1 rings (SSSR count). The molecule has 1 amide bonds. The third kappa shape index (κ3) is 2.68. The molecule has 0 aromatic heterocycles. The molecule has 4 heteroatoms. The third-order valence-corrected chi connectivity index (χ3v) is 4.00. The van der Waals surface area contributed by atoms with Crippen molar-refractivity contribution in [1.29, 1.82) is 0 Å². The van der Waals surface area contributed by atoms with Crippen molar-refractivity contribution < 1.29 is 4.79 Å². The number of thiocarbonyl (C=S) groups is 1. The van der Waals surface area contributed by atoms with Crippen LogP contribution in [0.2, 0.25) is 0 Å². The fourth-order valence-electron chi connectivity index (χ4n) is 1.55. The van der Waals surface area contributed by atoms with E-state index < -0.39 is 5.41 Å². The molecule has 1 fully saturated rings. The largest absolute Gasteiger partial charge is 0.392 e. The van der Waals surface area contributed by atoms with Gasteiger partial charge in [0.1, 0.15) is 0 Å². The van der Waals surface area contributed by atoms with Gasteiger partial charge >= 0.3 is 0 Å². The smallest absolute Gasteiger partial charge is 0.232 e.